The summed E-state index contributed by atoms with van der Waals surface area (Å²) in [5.74, 6) is 0. The van der Waals surface area contributed by atoms with Gasteiger partial charge in [0.25, 0.3) is 0 Å². The van der Waals surface area contributed by atoms with Gasteiger partial charge in [-0.25, -0.2) is 0 Å². The van der Waals surface area contributed by atoms with Crippen LogP contribution in [0.1, 0.15) is 30.5 Å². The Bertz CT molecular complexity index is 1820. The van der Waals surface area contributed by atoms with Gasteiger partial charge < -0.3 is 4.90 Å². The van der Waals surface area contributed by atoms with Gasteiger partial charge in [0.05, 0.1) is 23.0 Å². The maximum absolute atomic E-state index is 9.50. The summed E-state index contributed by atoms with van der Waals surface area (Å²) in [6.07, 6.45) is 0. The quantitative estimate of drug-likeness (QED) is 0.229. The molecule has 0 spiro atoms. The summed E-state index contributed by atoms with van der Waals surface area (Å²) in [6.45, 7) is 4.63. The van der Waals surface area contributed by atoms with E-state index in [4.69, 9.17) is 0 Å². The number of anilines is 3. The second kappa shape index (κ2) is 7.44. The fraction of sp³-hybridized carbons (Fsp3) is 0.0882. The molecule has 0 aliphatic carbocycles. The molecule has 6 aromatic rings. The summed E-state index contributed by atoms with van der Waals surface area (Å²) in [4.78, 5) is 2.41. The molecule has 0 fully saturated rings. The maximum Gasteiger partial charge on any atom is 0.0991 e. The molecule has 2 nitrogen and oxygen atoms in total. The van der Waals surface area contributed by atoms with Crippen molar-refractivity contribution < 1.29 is 0 Å². The largest absolute Gasteiger partial charge is 0.310 e. The van der Waals surface area contributed by atoms with Gasteiger partial charge in [-0.1, -0.05) is 86.6 Å². The van der Waals surface area contributed by atoms with Crippen LogP contribution in [0.5, 0.6) is 0 Å². The Morgan fingerprint density at radius 2 is 1.06 bits per heavy atom. The van der Waals surface area contributed by atoms with Crippen molar-refractivity contribution in [3.05, 3.63) is 126 Å². The van der Waals surface area contributed by atoms with E-state index < -0.39 is 0 Å². The highest BCUT2D eigenvalue weighted by molar-refractivity contribution is 6.26. The van der Waals surface area contributed by atoms with Gasteiger partial charge in [-0.15, -0.1) is 0 Å². The van der Waals surface area contributed by atoms with Crippen molar-refractivity contribution in [1.29, 1.82) is 5.26 Å². The fourth-order valence-corrected chi connectivity index (χ4v) is 6.10. The number of fused-ring (bicyclic) bond motifs is 8. The average Bonchev–Trinajstić information content (AvgIpc) is 2.93. The van der Waals surface area contributed by atoms with E-state index >= 15 is 0 Å². The van der Waals surface area contributed by atoms with Gasteiger partial charge in [-0.3, -0.25) is 0 Å². The molecule has 0 saturated heterocycles. The van der Waals surface area contributed by atoms with E-state index in [0.29, 0.717) is 5.56 Å². The van der Waals surface area contributed by atoms with Crippen molar-refractivity contribution in [3.63, 3.8) is 0 Å². The number of nitrogens with zero attached hydrogens (tertiary/aromatic N) is 2. The Hall–Kier alpha value is -4.61. The summed E-state index contributed by atoms with van der Waals surface area (Å²) in [7, 11) is 0. The predicted octanol–water partition coefficient (Wildman–Crippen LogP) is 9.13. The van der Waals surface area contributed by atoms with Crippen molar-refractivity contribution >= 4 is 49.4 Å². The summed E-state index contributed by atoms with van der Waals surface area (Å²) in [6, 6.07) is 41.2. The van der Waals surface area contributed by atoms with E-state index in [1.165, 1.54) is 49.4 Å². The first kappa shape index (κ1) is 20.7. The molecule has 0 amide bonds. The van der Waals surface area contributed by atoms with E-state index in [-0.39, 0.29) is 5.41 Å². The van der Waals surface area contributed by atoms with Crippen LogP contribution in [0.4, 0.5) is 17.1 Å². The summed E-state index contributed by atoms with van der Waals surface area (Å²) in [5.41, 5.74) is 6.87. The number of para-hydroxylation sites is 2. The van der Waals surface area contributed by atoms with Crippen molar-refractivity contribution in [1.82, 2.24) is 0 Å². The molecule has 2 heteroatoms. The third kappa shape index (κ3) is 2.78. The lowest BCUT2D eigenvalue weighted by Gasteiger charge is -2.42. The van der Waals surface area contributed by atoms with Crippen LogP contribution < -0.4 is 4.90 Å². The molecular formula is C34H24N2. The fourth-order valence-electron chi connectivity index (χ4n) is 6.10. The third-order valence-corrected chi connectivity index (χ3v) is 7.84. The molecule has 0 unspecified atom stereocenters. The molecule has 7 rings (SSSR count). The number of rotatable bonds is 1. The van der Waals surface area contributed by atoms with Gasteiger partial charge in [0, 0.05) is 11.1 Å². The van der Waals surface area contributed by atoms with Crippen molar-refractivity contribution in [2.45, 2.75) is 19.3 Å². The van der Waals surface area contributed by atoms with E-state index in [1.54, 1.807) is 0 Å². The number of nitriles is 1. The molecule has 170 valence electrons. The van der Waals surface area contributed by atoms with Crippen LogP contribution in [-0.2, 0) is 5.41 Å². The van der Waals surface area contributed by atoms with Gasteiger partial charge in [-0.05, 0) is 79.8 Å². The first-order valence-corrected chi connectivity index (χ1v) is 12.4. The number of hydrogen-bond donors (Lipinski definition) is 0. The molecule has 0 atom stereocenters. The number of hydrogen-bond acceptors (Lipinski definition) is 2. The molecule has 6 aromatic carbocycles. The highest BCUT2D eigenvalue weighted by Gasteiger charge is 2.36. The predicted molar refractivity (Wildman–Crippen MR) is 150 cm³/mol. The Morgan fingerprint density at radius 1 is 0.556 bits per heavy atom. The lowest BCUT2D eigenvalue weighted by Crippen LogP contribution is -2.30. The molecule has 0 N–H and O–H groups in total. The first-order chi connectivity index (χ1) is 17.6. The van der Waals surface area contributed by atoms with Gasteiger partial charge in [0.15, 0.2) is 0 Å². The van der Waals surface area contributed by atoms with E-state index in [0.717, 1.165) is 11.1 Å². The Morgan fingerprint density at radius 3 is 1.67 bits per heavy atom. The third-order valence-electron chi connectivity index (χ3n) is 7.84. The van der Waals surface area contributed by atoms with Crippen LogP contribution in [0.15, 0.2) is 109 Å². The molecule has 0 aromatic heterocycles. The molecule has 0 radical (unpaired) electrons. The topological polar surface area (TPSA) is 27.0 Å². The van der Waals surface area contributed by atoms with Gasteiger partial charge >= 0.3 is 0 Å². The normalized spacial score (nSPS) is 14.0. The zero-order valence-corrected chi connectivity index (χ0v) is 20.3. The van der Waals surface area contributed by atoms with Crippen LogP contribution in [0, 0.1) is 11.3 Å². The van der Waals surface area contributed by atoms with Crippen LogP contribution in [0.3, 0.4) is 0 Å². The highest BCUT2D eigenvalue weighted by Crippen LogP contribution is 2.52. The Labute approximate surface area is 210 Å². The lowest BCUT2D eigenvalue weighted by atomic mass is 9.73. The van der Waals surface area contributed by atoms with Gasteiger partial charge in [-0.2, -0.15) is 5.26 Å². The standard InChI is InChI=1S/C34H24N2/c1-34(2)30-11-5-7-13-32(30)36(33-14-8-6-12-31(33)34)23-16-18-27-26-17-15-22(21-35)19-28(26)24-9-3-4-10-25(24)29(27)20-23/h3-20H,1-2H3. The minimum Gasteiger partial charge on any atom is -0.310 e. The number of benzene rings is 6. The van der Waals surface area contributed by atoms with E-state index in [9.17, 15) is 5.26 Å². The monoisotopic (exact) mass is 460 g/mol. The van der Waals surface area contributed by atoms with Crippen molar-refractivity contribution in [2.24, 2.45) is 0 Å². The second-order valence-electron chi connectivity index (χ2n) is 10.1. The Kier molecular flexibility index (Phi) is 4.29. The smallest absolute Gasteiger partial charge is 0.0991 e. The van der Waals surface area contributed by atoms with E-state index in [2.05, 4.69) is 122 Å². The van der Waals surface area contributed by atoms with E-state index in [1.807, 2.05) is 12.1 Å². The minimum atomic E-state index is -0.0815. The molecule has 1 aliphatic rings. The average molecular weight is 461 g/mol. The molecular weight excluding hydrogens is 436 g/mol. The van der Waals surface area contributed by atoms with Crippen molar-refractivity contribution in [3.8, 4) is 6.07 Å². The van der Waals surface area contributed by atoms with Crippen molar-refractivity contribution in [2.75, 3.05) is 4.90 Å². The van der Waals surface area contributed by atoms with Crippen LogP contribution >= 0.6 is 0 Å². The zero-order chi connectivity index (χ0) is 24.4. The Balaban J connectivity index is 1.56. The molecule has 36 heavy (non-hydrogen) atoms. The molecule has 1 aliphatic heterocycles. The van der Waals surface area contributed by atoms with Crippen LogP contribution in [0.25, 0.3) is 32.3 Å². The van der Waals surface area contributed by atoms with Gasteiger partial charge in [0.1, 0.15) is 0 Å². The highest BCUT2D eigenvalue weighted by atomic mass is 15.2. The first-order valence-electron chi connectivity index (χ1n) is 12.4. The summed E-state index contributed by atoms with van der Waals surface area (Å²) >= 11 is 0. The zero-order valence-electron chi connectivity index (χ0n) is 20.3. The summed E-state index contributed by atoms with van der Waals surface area (Å²) < 4.78 is 0. The van der Waals surface area contributed by atoms with Crippen LogP contribution in [-0.4, -0.2) is 0 Å². The summed E-state index contributed by atoms with van der Waals surface area (Å²) in [5, 5.41) is 16.6. The molecule has 1 heterocycles. The SMILES string of the molecule is CC1(C)c2ccccc2N(c2ccc3c4ccc(C#N)cc4c4ccccc4c3c2)c2ccccc21. The lowest BCUT2D eigenvalue weighted by molar-refractivity contribution is 0.632. The van der Waals surface area contributed by atoms with Crippen LogP contribution in [0.2, 0.25) is 0 Å². The maximum atomic E-state index is 9.50. The second-order valence-corrected chi connectivity index (χ2v) is 10.1. The molecule has 0 saturated carbocycles. The minimum absolute atomic E-state index is 0.0815. The van der Waals surface area contributed by atoms with Gasteiger partial charge in [0.2, 0.25) is 0 Å². The molecule has 0 bridgehead atoms.